The lowest BCUT2D eigenvalue weighted by Gasteiger charge is -2.02. The van der Waals surface area contributed by atoms with E-state index in [2.05, 4.69) is 29.8 Å². The van der Waals surface area contributed by atoms with Gasteiger partial charge >= 0.3 is 0 Å². The molecule has 1 aromatic carbocycles. The fourth-order valence-corrected chi connectivity index (χ4v) is 0.922. The van der Waals surface area contributed by atoms with E-state index in [9.17, 15) is 0 Å². The van der Waals surface area contributed by atoms with E-state index in [0.29, 0.717) is 6.79 Å². The van der Waals surface area contributed by atoms with Crippen molar-refractivity contribution < 1.29 is 9.47 Å². The molecule has 3 heteroatoms. The van der Waals surface area contributed by atoms with Crippen LogP contribution < -0.4 is 4.74 Å². The van der Waals surface area contributed by atoms with E-state index in [1.807, 2.05) is 24.3 Å². The molecule has 0 atom stereocenters. The highest BCUT2D eigenvalue weighted by molar-refractivity contribution is 9.10. The minimum Gasteiger partial charge on any atom is -0.468 e. The Hall–Kier alpha value is -0.540. The second kappa shape index (κ2) is 9.03. The van der Waals surface area contributed by atoms with Crippen molar-refractivity contribution in [2.75, 3.05) is 13.9 Å². The van der Waals surface area contributed by atoms with Crippen molar-refractivity contribution in [1.29, 1.82) is 0 Å². The average molecular weight is 261 g/mol. The number of methoxy groups -OCH3 is 1. The first-order valence-corrected chi connectivity index (χ1v) is 5.41. The van der Waals surface area contributed by atoms with Crippen molar-refractivity contribution in [3.63, 3.8) is 0 Å². The number of hydrogen-bond acceptors (Lipinski definition) is 2. The van der Waals surface area contributed by atoms with Crippen molar-refractivity contribution in [2.45, 2.75) is 20.3 Å². The second-order valence-electron chi connectivity index (χ2n) is 2.71. The van der Waals surface area contributed by atoms with Gasteiger partial charge in [0.15, 0.2) is 6.79 Å². The van der Waals surface area contributed by atoms with Gasteiger partial charge in [0.2, 0.25) is 0 Å². The maximum atomic E-state index is 5.17. The summed E-state index contributed by atoms with van der Waals surface area (Å²) in [6.07, 6.45) is 1.25. The molecule has 0 saturated heterocycles. The zero-order valence-electron chi connectivity index (χ0n) is 8.92. The molecule has 1 aromatic rings. The van der Waals surface area contributed by atoms with Crippen LogP contribution in [0.1, 0.15) is 20.3 Å². The molecule has 0 aliphatic rings. The minimum absolute atomic E-state index is 0.293. The van der Waals surface area contributed by atoms with Crippen molar-refractivity contribution in [1.82, 2.24) is 0 Å². The lowest BCUT2D eigenvalue weighted by atomic mass is 10.3. The molecule has 80 valence electrons. The average Bonchev–Trinajstić information content (AvgIpc) is 2.18. The fourth-order valence-electron chi connectivity index (χ4n) is 0.658. The summed E-state index contributed by atoms with van der Waals surface area (Å²) < 4.78 is 11.0. The van der Waals surface area contributed by atoms with Gasteiger partial charge in [-0.3, -0.25) is 0 Å². The predicted molar refractivity (Wildman–Crippen MR) is 62.6 cm³/mol. The van der Waals surface area contributed by atoms with Crippen molar-refractivity contribution in [3.8, 4) is 5.75 Å². The molecule has 2 nitrogen and oxygen atoms in total. The smallest absolute Gasteiger partial charge is 0.188 e. The topological polar surface area (TPSA) is 18.5 Å². The van der Waals surface area contributed by atoms with Crippen molar-refractivity contribution in [2.24, 2.45) is 0 Å². The molecular formula is C11H17BrO2. The van der Waals surface area contributed by atoms with Gasteiger partial charge < -0.3 is 9.47 Å². The van der Waals surface area contributed by atoms with Crippen LogP contribution in [0.4, 0.5) is 0 Å². The summed E-state index contributed by atoms with van der Waals surface area (Å²) in [5, 5.41) is 0. The molecule has 0 aliphatic carbocycles. The summed E-state index contributed by atoms with van der Waals surface area (Å²) in [7, 11) is 1.60. The zero-order chi connectivity index (χ0) is 10.8. The third-order valence-electron chi connectivity index (χ3n) is 1.16. The number of ether oxygens (including phenoxy) is 2. The van der Waals surface area contributed by atoms with Gasteiger partial charge in [-0.25, -0.2) is 0 Å². The summed E-state index contributed by atoms with van der Waals surface area (Å²) in [6.45, 7) is 4.54. The zero-order valence-corrected chi connectivity index (χ0v) is 10.5. The van der Waals surface area contributed by atoms with Gasteiger partial charge in [0, 0.05) is 11.6 Å². The van der Waals surface area contributed by atoms with Crippen LogP contribution in [-0.4, -0.2) is 13.9 Å². The normalized spacial score (nSPS) is 8.86. The first-order valence-electron chi connectivity index (χ1n) is 4.61. The number of rotatable bonds is 3. The van der Waals surface area contributed by atoms with E-state index >= 15 is 0 Å². The fraction of sp³-hybridized carbons (Fsp3) is 0.455. The molecule has 0 N–H and O–H groups in total. The molecule has 0 aliphatic heterocycles. The van der Waals surface area contributed by atoms with Gasteiger partial charge in [0.1, 0.15) is 5.75 Å². The van der Waals surface area contributed by atoms with E-state index in [0.717, 1.165) is 10.2 Å². The Kier molecular flexibility index (Phi) is 8.68. The van der Waals surface area contributed by atoms with Gasteiger partial charge in [-0.2, -0.15) is 0 Å². The predicted octanol–water partition coefficient (Wildman–Crippen LogP) is 3.85. The highest BCUT2D eigenvalue weighted by Gasteiger charge is 1.90. The highest BCUT2D eigenvalue weighted by atomic mass is 79.9. The molecule has 0 radical (unpaired) electrons. The van der Waals surface area contributed by atoms with Crippen LogP contribution in [0.2, 0.25) is 0 Å². The molecule has 14 heavy (non-hydrogen) atoms. The Morgan fingerprint density at radius 2 is 1.64 bits per heavy atom. The molecule has 0 amide bonds. The van der Waals surface area contributed by atoms with Crippen molar-refractivity contribution in [3.05, 3.63) is 28.7 Å². The number of benzene rings is 1. The van der Waals surface area contributed by atoms with E-state index in [-0.39, 0.29) is 0 Å². The van der Waals surface area contributed by atoms with Gasteiger partial charge in [-0.05, 0) is 24.3 Å². The van der Waals surface area contributed by atoms with E-state index in [1.54, 1.807) is 7.11 Å². The molecule has 1 rings (SSSR count). The van der Waals surface area contributed by atoms with Crippen LogP contribution in [0.3, 0.4) is 0 Å². The number of halogens is 1. The van der Waals surface area contributed by atoms with Gasteiger partial charge in [0.25, 0.3) is 0 Å². The molecule has 0 heterocycles. The van der Waals surface area contributed by atoms with Gasteiger partial charge in [0.05, 0.1) is 0 Å². The maximum absolute atomic E-state index is 5.17. The van der Waals surface area contributed by atoms with E-state index in [1.165, 1.54) is 6.42 Å². The van der Waals surface area contributed by atoms with Crippen LogP contribution in [0.5, 0.6) is 5.75 Å². The van der Waals surface area contributed by atoms with E-state index < -0.39 is 0 Å². The van der Waals surface area contributed by atoms with Crippen LogP contribution in [0.15, 0.2) is 28.7 Å². The molecule has 0 unspecified atom stereocenters. The lowest BCUT2D eigenvalue weighted by molar-refractivity contribution is 0.0511. The molecule has 0 spiro atoms. The van der Waals surface area contributed by atoms with Crippen LogP contribution >= 0.6 is 15.9 Å². The Balaban J connectivity index is 0.000000500. The second-order valence-corrected chi connectivity index (χ2v) is 3.63. The Bertz CT molecular complexity index is 221. The third kappa shape index (κ3) is 6.92. The minimum atomic E-state index is 0.293. The van der Waals surface area contributed by atoms with Crippen LogP contribution in [0, 0.1) is 0 Å². The quantitative estimate of drug-likeness (QED) is 0.769. The highest BCUT2D eigenvalue weighted by Crippen LogP contribution is 2.15. The molecule has 0 fully saturated rings. The summed E-state index contributed by atoms with van der Waals surface area (Å²) in [4.78, 5) is 0. The molecule has 0 aromatic heterocycles. The van der Waals surface area contributed by atoms with Crippen LogP contribution in [-0.2, 0) is 4.74 Å². The Morgan fingerprint density at radius 1 is 1.14 bits per heavy atom. The largest absolute Gasteiger partial charge is 0.468 e. The van der Waals surface area contributed by atoms with Crippen molar-refractivity contribution >= 4 is 15.9 Å². The summed E-state index contributed by atoms with van der Waals surface area (Å²) in [5.74, 6) is 0.815. The summed E-state index contributed by atoms with van der Waals surface area (Å²) in [5.41, 5.74) is 0. The molecular weight excluding hydrogens is 244 g/mol. The Labute approximate surface area is 94.4 Å². The summed E-state index contributed by atoms with van der Waals surface area (Å²) in [6, 6.07) is 7.60. The third-order valence-corrected chi connectivity index (χ3v) is 1.69. The lowest BCUT2D eigenvalue weighted by Crippen LogP contribution is -1.97. The summed E-state index contributed by atoms with van der Waals surface area (Å²) >= 11 is 3.33. The standard InChI is InChI=1S/C8H9BrO2.C3H8/c1-10-6-11-8-4-2-7(9)3-5-8;1-3-2/h2-5H,6H2,1H3;3H2,1-2H3. The number of hydrogen-bond donors (Lipinski definition) is 0. The van der Waals surface area contributed by atoms with Crippen LogP contribution in [0.25, 0.3) is 0 Å². The first kappa shape index (κ1) is 13.5. The first-order chi connectivity index (χ1) is 6.74. The monoisotopic (exact) mass is 260 g/mol. The SMILES string of the molecule is CCC.COCOc1ccc(Br)cc1. The molecule has 0 bridgehead atoms. The van der Waals surface area contributed by atoms with Gasteiger partial charge in [-0.1, -0.05) is 36.2 Å². The maximum Gasteiger partial charge on any atom is 0.188 e. The molecule has 0 saturated carbocycles. The Morgan fingerprint density at radius 3 is 2.07 bits per heavy atom. The van der Waals surface area contributed by atoms with E-state index in [4.69, 9.17) is 9.47 Å². The van der Waals surface area contributed by atoms with Gasteiger partial charge in [-0.15, -0.1) is 0 Å².